The Morgan fingerprint density at radius 2 is 1.78 bits per heavy atom. The minimum Gasteiger partial charge on any atom is -0.0638 e. The molecule has 3 radical (unpaired) electrons. The van der Waals surface area contributed by atoms with Gasteiger partial charge in [-0.3, -0.25) is 0 Å². The van der Waals surface area contributed by atoms with Crippen molar-refractivity contribution in [2.45, 2.75) is 45.6 Å². The van der Waals surface area contributed by atoms with Crippen molar-refractivity contribution in [3.05, 3.63) is 0 Å². The van der Waals surface area contributed by atoms with Gasteiger partial charge in [-0.05, 0) is 5.92 Å². The maximum absolute atomic E-state index is 3.46. The standard InChI is InChI=1S/C8H17Si/c1-8(2)6-4-3-5-7-9/h8H,3-7H2,1-2H3. The minimum atomic E-state index is 0.889. The van der Waals surface area contributed by atoms with Gasteiger partial charge in [-0.1, -0.05) is 45.6 Å². The molecular formula is C8H17Si. The second-order valence-corrected chi connectivity index (χ2v) is 3.49. The zero-order valence-electron chi connectivity index (χ0n) is 6.61. The zero-order valence-corrected chi connectivity index (χ0v) is 7.61. The molecule has 0 aliphatic carbocycles. The SMILES string of the molecule is CC(C)CCCCC[Si]. The first kappa shape index (κ1) is 9.22. The summed E-state index contributed by atoms with van der Waals surface area (Å²) in [7, 11) is 3.46. The van der Waals surface area contributed by atoms with E-state index < -0.39 is 0 Å². The van der Waals surface area contributed by atoms with Crippen LogP contribution in [0.1, 0.15) is 39.5 Å². The van der Waals surface area contributed by atoms with Crippen LogP contribution in [0.15, 0.2) is 0 Å². The largest absolute Gasteiger partial charge is 0.0638 e. The van der Waals surface area contributed by atoms with Crippen LogP contribution in [0.5, 0.6) is 0 Å². The molecule has 53 valence electrons. The van der Waals surface area contributed by atoms with Crippen molar-refractivity contribution >= 4 is 10.2 Å². The van der Waals surface area contributed by atoms with E-state index in [2.05, 4.69) is 24.1 Å². The second-order valence-electron chi connectivity index (χ2n) is 2.99. The van der Waals surface area contributed by atoms with Gasteiger partial charge in [0.15, 0.2) is 0 Å². The first-order valence-corrected chi connectivity index (χ1v) is 4.62. The number of hydrogen-bond acceptors (Lipinski definition) is 0. The molecule has 0 aromatic rings. The van der Waals surface area contributed by atoms with Gasteiger partial charge in [0.2, 0.25) is 0 Å². The molecule has 9 heavy (non-hydrogen) atoms. The Balaban J connectivity index is 2.75. The molecule has 0 aromatic carbocycles. The predicted molar refractivity (Wildman–Crippen MR) is 43.9 cm³/mol. The van der Waals surface area contributed by atoms with Crippen LogP contribution < -0.4 is 0 Å². The van der Waals surface area contributed by atoms with Gasteiger partial charge >= 0.3 is 0 Å². The summed E-state index contributed by atoms with van der Waals surface area (Å²) < 4.78 is 0. The van der Waals surface area contributed by atoms with E-state index in [0.717, 1.165) is 12.0 Å². The Kier molecular flexibility index (Phi) is 6.49. The van der Waals surface area contributed by atoms with Gasteiger partial charge in [0.25, 0.3) is 0 Å². The van der Waals surface area contributed by atoms with E-state index in [9.17, 15) is 0 Å². The number of rotatable bonds is 5. The lowest BCUT2D eigenvalue weighted by atomic mass is 10.1. The molecule has 0 saturated heterocycles. The highest BCUT2D eigenvalue weighted by molar-refractivity contribution is 6.08. The van der Waals surface area contributed by atoms with E-state index in [4.69, 9.17) is 0 Å². The summed E-state index contributed by atoms with van der Waals surface area (Å²) in [6.45, 7) is 4.57. The quantitative estimate of drug-likeness (QED) is 0.408. The molecule has 0 aliphatic heterocycles. The molecule has 0 heterocycles. The molecule has 0 aromatic heterocycles. The first-order chi connectivity index (χ1) is 4.27. The second kappa shape index (κ2) is 6.34. The number of hydrogen-bond donors (Lipinski definition) is 0. The fourth-order valence-corrected chi connectivity index (χ4v) is 1.10. The monoisotopic (exact) mass is 141 g/mol. The van der Waals surface area contributed by atoms with Crippen LogP contribution in [0.25, 0.3) is 0 Å². The van der Waals surface area contributed by atoms with E-state index in [1.54, 1.807) is 0 Å². The van der Waals surface area contributed by atoms with Crippen LogP contribution in [0.3, 0.4) is 0 Å². The zero-order chi connectivity index (χ0) is 7.11. The highest BCUT2D eigenvalue weighted by Crippen LogP contribution is 2.08. The molecular weight excluding hydrogens is 124 g/mol. The summed E-state index contributed by atoms with van der Waals surface area (Å²) >= 11 is 0. The maximum atomic E-state index is 3.46. The number of unbranched alkanes of at least 4 members (excludes halogenated alkanes) is 2. The third-order valence-corrected chi connectivity index (χ3v) is 1.81. The molecule has 0 N–H and O–H groups in total. The molecule has 0 amide bonds. The Labute approximate surface area is 62.5 Å². The molecule has 0 unspecified atom stereocenters. The van der Waals surface area contributed by atoms with Crippen molar-refractivity contribution in [1.82, 2.24) is 0 Å². The van der Waals surface area contributed by atoms with Crippen LogP contribution in [0.2, 0.25) is 6.04 Å². The topological polar surface area (TPSA) is 0 Å². The fraction of sp³-hybridized carbons (Fsp3) is 1.00. The predicted octanol–water partition coefficient (Wildman–Crippen LogP) is 2.79. The van der Waals surface area contributed by atoms with Crippen molar-refractivity contribution in [3.8, 4) is 0 Å². The average molecular weight is 141 g/mol. The summed E-state index contributed by atoms with van der Waals surface area (Å²) in [4.78, 5) is 0. The molecule has 0 atom stereocenters. The molecule has 0 bridgehead atoms. The summed E-state index contributed by atoms with van der Waals surface area (Å²) in [6.07, 6.45) is 5.53. The summed E-state index contributed by atoms with van der Waals surface area (Å²) in [5.41, 5.74) is 0. The van der Waals surface area contributed by atoms with Crippen LogP contribution in [0, 0.1) is 5.92 Å². The Morgan fingerprint density at radius 1 is 1.11 bits per heavy atom. The molecule has 1 heteroatoms. The van der Waals surface area contributed by atoms with Gasteiger partial charge in [0.1, 0.15) is 0 Å². The third kappa shape index (κ3) is 8.22. The van der Waals surface area contributed by atoms with Crippen molar-refractivity contribution in [2.75, 3.05) is 0 Å². The van der Waals surface area contributed by atoms with Crippen molar-refractivity contribution in [2.24, 2.45) is 5.92 Å². The highest BCUT2D eigenvalue weighted by atomic mass is 28.1. The smallest absolute Gasteiger partial charge is 0.0222 e. The van der Waals surface area contributed by atoms with Crippen LogP contribution in [0.4, 0.5) is 0 Å². The summed E-state index contributed by atoms with van der Waals surface area (Å²) in [5, 5.41) is 0. The van der Waals surface area contributed by atoms with E-state index in [-0.39, 0.29) is 0 Å². The Bertz CT molecular complexity index is 50.5. The van der Waals surface area contributed by atoms with Crippen molar-refractivity contribution < 1.29 is 0 Å². The maximum Gasteiger partial charge on any atom is 0.0222 e. The van der Waals surface area contributed by atoms with Gasteiger partial charge < -0.3 is 0 Å². The molecule has 0 rings (SSSR count). The Morgan fingerprint density at radius 3 is 2.22 bits per heavy atom. The Hall–Kier alpha value is 0.217. The molecule has 0 spiro atoms. The lowest BCUT2D eigenvalue weighted by Gasteiger charge is -2.01. The van der Waals surface area contributed by atoms with Crippen LogP contribution in [-0.2, 0) is 0 Å². The van der Waals surface area contributed by atoms with Gasteiger partial charge in [-0.2, -0.15) is 0 Å². The molecule has 0 nitrogen and oxygen atoms in total. The van der Waals surface area contributed by atoms with Gasteiger partial charge in [0.05, 0.1) is 0 Å². The average Bonchev–Trinajstić information content (AvgIpc) is 1.80. The van der Waals surface area contributed by atoms with E-state index >= 15 is 0 Å². The van der Waals surface area contributed by atoms with Crippen LogP contribution >= 0.6 is 0 Å². The van der Waals surface area contributed by atoms with E-state index in [1.807, 2.05) is 0 Å². The van der Waals surface area contributed by atoms with E-state index in [1.165, 1.54) is 25.7 Å². The van der Waals surface area contributed by atoms with Gasteiger partial charge in [0, 0.05) is 10.2 Å². The highest BCUT2D eigenvalue weighted by Gasteiger charge is 1.91. The van der Waals surface area contributed by atoms with E-state index in [0.29, 0.717) is 0 Å². The van der Waals surface area contributed by atoms with Crippen molar-refractivity contribution in [3.63, 3.8) is 0 Å². The lowest BCUT2D eigenvalue weighted by molar-refractivity contribution is 0.534. The molecule has 0 fully saturated rings. The van der Waals surface area contributed by atoms with Crippen molar-refractivity contribution in [1.29, 1.82) is 0 Å². The summed E-state index contributed by atoms with van der Waals surface area (Å²) in [5.74, 6) is 0.889. The minimum absolute atomic E-state index is 0.889. The lowest BCUT2D eigenvalue weighted by Crippen LogP contribution is -1.86. The molecule has 0 aliphatic rings. The molecule has 0 saturated carbocycles. The fourth-order valence-electron chi connectivity index (χ4n) is 0.854. The van der Waals surface area contributed by atoms with Gasteiger partial charge in [-0.25, -0.2) is 0 Å². The summed E-state index contributed by atoms with van der Waals surface area (Å²) in [6, 6.07) is 1.16. The normalized spacial score (nSPS) is 10.7. The van der Waals surface area contributed by atoms with Crippen LogP contribution in [-0.4, -0.2) is 10.2 Å². The first-order valence-electron chi connectivity index (χ1n) is 3.92. The van der Waals surface area contributed by atoms with Gasteiger partial charge in [-0.15, -0.1) is 0 Å². The third-order valence-electron chi connectivity index (χ3n) is 1.46.